The zero-order valence-electron chi connectivity index (χ0n) is 11.8. The van der Waals surface area contributed by atoms with E-state index in [1.54, 1.807) is 32.3 Å². The second-order valence-corrected chi connectivity index (χ2v) is 5.81. The Balaban J connectivity index is 2.00. The number of hydrogen-bond acceptors (Lipinski definition) is 2. The molecular weight excluding hydrogens is 292 g/mol. The quantitative estimate of drug-likeness (QED) is 0.797. The molecule has 0 N–H and O–H groups in total. The Morgan fingerprint density at radius 1 is 1.05 bits per heavy atom. The van der Waals surface area contributed by atoms with Crippen molar-refractivity contribution in [2.45, 2.75) is 10.6 Å². The van der Waals surface area contributed by atoms with Crippen LogP contribution in [-0.4, -0.2) is 24.9 Å². The van der Waals surface area contributed by atoms with Crippen molar-refractivity contribution in [3.63, 3.8) is 0 Å². The van der Waals surface area contributed by atoms with Crippen LogP contribution in [0.1, 0.15) is 15.9 Å². The topological polar surface area (TPSA) is 20.3 Å². The monoisotopic (exact) mass is 307 g/mol. The molecule has 1 amide bonds. The summed E-state index contributed by atoms with van der Waals surface area (Å²) in [5.74, 6) is -1.10. The Morgan fingerprint density at radius 2 is 1.71 bits per heavy atom. The molecule has 0 atom stereocenters. The highest BCUT2D eigenvalue weighted by Gasteiger charge is 2.07. The van der Waals surface area contributed by atoms with Crippen LogP contribution < -0.4 is 0 Å². The fourth-order valence-corrected chi connectivity index (χ4v) is 2.61. The molecule has 0 aliphatic rings. The minimum Gasteiger partial charge on any atom is -0.345 e. The first-order chi connectivity index (χ1) is 9.97. The summed E-state index contributed by atoms with van der Waals surface area (Å²) in [6.07, 6.45) is 0. The van der Waals surface area contributed by atoms with E-state index >= 15 is 0 Å². The largest absolute Gasteiger partial charge is 0.345 e. The average molecular weight is 307 g/mol. The third-order valence-corrected chi connectivity index (χ3v) is 3.97. The van der Waals surface area contributed by atoms with E-state index in [4.69, 9.17) is 0 Å². The first kappa shape index (κ1) is 15.5. The fourth-order valence-electron chi connectivity index (χ4n) is 1.74. The molecule has 2 aromatic rings. The molecule has 0 unspecified atom stereocenters. The number of rotatable bonds is 4. The Hall–Kier alpha value is -1.88. The molecule has 0 aliphatic heterocycles. The molecule has 0 fully saturated rings. The van der Waals surface area contributed by atoms with E-state index in [1.165, 1.54) is 22.7 Å². The van der Waals surface area contributed by atoms with Gasteiger partial charge in [-0.15, -0.1) is 11.8 Å². The summed E-state index contributed by atoms with van der Waals surface area (Å²) < 4.78 is 25.9. The normalized spacial score (nSPS) is 10.5. The van der Waals surface area contributed by atoms with Crippen LogP contribution in [0.15, 0.2) is 47.4 Å². The lowest BCUT2D eigenvalue weighted by Gasteiger charge is -2.10. The maximum atomic E-state index is 13.1. The molecule has 2 aromatic carbocycles. The second kappa shape index (κ2) is 6.72. The van der Waals surface area contributed by atoms with Gasteiger partial charge in [0, 0.05) is 30.3 Å². The Morgan fingerprint density at radius 3 is 2.29 bits per heavy atom. The van der Waals surface area contributed by atoms with E-state index in [0.717, 1.165) is 11.6 Å². The number of benzene rings is 2. The van der Waals surface area contributed by atoms with Crippen LogP contribution in [0.4, 0.5) is 8.78 Å². The van der Waals surface area contributed by atoms with Crippen LogP contribution in [0.2, 0.25) is 0 Å². The number of hydrogen-bond donors (Lipinski definition) is 0. The molecule has 0 saturated carbocycles. The molecule has 0 spiro atoms. The maximum absolute atomic E-state index is 13.1. The summed E-state index contributed by atoms with van der Waals surface area (Å²) in [5.41, 5.74) is 1.64. The van der Waals surface area contributed by atoms with Crippen molar-refractivity contribution in [2.75, 3.05) is 14.1 Å². The summed E-state index contributed by atoms with van der Waals surface area (Å²) in [6.45, 7) is 0. The van der Waals surface area contributed by atoms with Crippen LogP contribution in [0, 0.1) is 11.6 Å². The zero-order chi connectivity index (χ0) is 15.4. The van der Waals surface area contributed by atoms with Gasteiger partial charge >= 0.3 is 0 Å². The first-order valence-electron chi connectivity index (χ1n) is 6.36. The molecule has 5 heteroatoms. The molecule has 2 rings (SSSR count). The number of nitrogens with zero attached hydrogens (tertiary/aromatic N) is 1. The highest BCUT2D eigenvalue weighted by atomic mass is 32.2. The van der Waals surface area contributed by atoms with Gasteiger partial charge in [-0.2, -0.15) is 0 Å². The van der Waals surface area contributed by atoms with E-state index in [2.05, 4.69) is 0 Å². The van der Waals surface area contributed by atoms with Gasteiger partial charge in [-0.3, -0.25) is 4.79 Å². The van der Waals surface area contributed by atoms with Crippen LogP contribution in [0.5, 0.6) is 0 Å². The SMILES string of the molecule is CN(C)C(=O)c1ccc(CSc2ccc(F)c(F)c2)cc1. The number of carbonyl (C=O) groups excluding carboxylic acids is 1. The molecule has 2 nitrogen and oxygen atoms in total. The van der Waals surface area contributed by atoms with Crippen molar-refractivity contribution < 1.29 is 13.6 Å². The molecule has 0 saturated heterocycles. The standard InChI is InChI=1S/C16H15F2NOS/c1-19(2)16(20)12-5-3-11(4-6-12)10-21-13-7-8-14(17)15(18)9-13/h3-9H,10H2,1-2H3. The van der Waals surface area contributed by atoms with Gasteiger partial charge in [-0.1, -0.05) is 12.1 Å². The predicted molar refractivity (Wildman–Crippen MR) is 80.4 cm³/mol. The van der Waals surface area contributed by atoms with Crippen molar-refractivity contribution in [1.82, 2.24) is 4.90 Å². The smallest absolute Gasteiger partial charge is 0.253 e. The highest BCUT2D eigenvalue weighted by Crippen LogP contribution is 2.24. The lowest BCUT2D eigenvalue weighted by atomic mass is 10.1. The molecule has 0 radical (unpaired) electrons. The van der Waals surface area contributed by atoms with Crippen LogP contribution in [0.25, 0.3) is 0 Å². The molecule has 21 heavy (non-hydrogen) atoms. The third-order valence-electron chi connectivity index (χ3n) is 2.90. The van der Waals surface area contributed by atoms with E-state index in [0.29, 0.717) is 16.2 Å². The zero-order valence-corrected chi connectivity index (χ0v) is 12.6. The number of amides is 1. The summed E-state index contributed by atoms with van der Waals surface area (Å²) in [7, 11) is 3.41. The van der Waals surface area contributed by atoms with Crippen molar-refractivity contribution in [3.05, 3.63) is 65.2 Å². The van der Waals surface area contributed by atoms with Gasteiger partial charge in [-0.25, -0.2) is 8.78 Å². The van der Waals surface area contributed by atoms with Crippen LogP contribution in [0.3, 0.4) is 0 Å². The summed E-state index contributed by atoms with van der Waals surface area (Å²) in [5, 5.41) is 0. The van der Waals surface area contributed by atoms with Gasteiger partial charge < -0.3 is 4.90 Å². The van der Waals surface area contributed by atoms with Gasteiger partial charge in [0.2, 0.25) is 0 Å². The average Bonchev–Trinajstić information content (AvgIpc) is 2.48. The molecule has 110 valence electrons. The first-order valence-corrected chi connectivity index (χ1v) is 7.34. The van der Waals surface area contributed by atoms with Gasteiger partial charge in [0.1, 0.15) is 0 Å². The fraction of sp³-hybridized carbons (Fsp3) is 0.188. The van der Waals surface area contributed by atoms with Crippen molar-refractivity contribution in [3.8, 4) is 0 Å². The summed E-state index contributed by atoms with van der Waals surface area (Å²) in [6, 6.07) is 11.1. The molecule has 0 heterocycles. The Kier molecular flexibility index (Phi) is 4.96. The second-order valence-electron chi connectivity index (χ2n) is 4.76. The molecule has 0 aliphatic carbocycles. The minimum absolute atomic E-state index is 0.0465. The number of carbonyl (C=O) groups is 1. The van der Waals surface area contributed by atoms with Crippen molar-refractivity contribution in [2.24, 2.45) is 0 Å². The van der Waals surface area contributed by atoms with Crippen molar-refractivity contribution in [1.29, 1.82) is 0 Å². The van der Waals surface area contributed by atoms with E-state index in [9.17, 15) is 13.6 Å². The molecular formula is C16H15F2NOS. The van der Waals surface area contributed by atoms with Crippen LogP contribution >= 0.6 is 11.8 Å². The maximum Gasteiger partial charge on any atom is 0.253 e. The highest BCUT2D eigenvalue weighted by molar-refractivity contribution is 7.98. The summed E-state index contributed by atoms with van der Waals surface area (Å²) in [4.78, 5) is 13.9. The van der Waals surface area contributed by atoms with Crippen molar-refractivity contribution >= 4 is 17.7 Å². The third kappa shape index (κ3) is 4.04. The molecule has 0 bridgehead atoms. The van der Waals surface area contributed by atoms with E-state index in [-0.39, 0.29) is 5.91 Å². The Labute approximate surface area is 126 Å². The van der Waals surface area contributed by atoms with E-state index in [1.807, 2.05) is 12.1 Å². The molecule has 0 aromatic heterocycles. The number of halogens is 2. The van der Waals surface area contributed by atoms with Gasteiger partial charge in [0.15, 0.2) is 11.6 Å². The Bertz CT molecular complexity index is 641. The van der Waals surface area contributed by atoms with Crippen LogP contribution in [-0.2, 0) is 5.75 Å². The number of thioether (sulfide) groups is 1. The van der Waals surface area contributed by atoms with Gasteiger partial charge in [-0.05, 0) is 35.9 Å². The van der Waals surface area contributed by atoms with Gasteiger partial charge in [0.25, 0.3) is 5.91 Å². The summed E-state index contributed by atoms with van der Waals surface area (Å²) >= 11 is 1.41. The predicted octanol–water partition coefficient (Wildman–Crippen LogP) is 3.96. The van der Waals surface area contributed by atoms with Gasteiger partial charge in [0.05, 0.1) is 0 Å². The van der Waals surface area contributed by atoms with E-state index < -0.39 is 11.6 Å². The minimum atomic E-state index is -0.842. The lowest BCUT2D eigenvalue weighted by Crippen LogP contribution is -2.21. The lowest BCUT2D eigenvalue weighted by molar-refractivity contribution is 0.0827.